The predicted molar refractivity (Wildman–Crippen MR) is 88.3 cm³/mol. The van der Waals surface area contributed by atoms with Crippen LogP contribution in [-0.2, 0) is 13.0 Å². The summed E-state index contributed by atoms with van der Waals surface area (Å²) in [4.78, 5) is 4.77. The first-order chi connectivity index (χ1) is 9.85. The van der Waals surface area contributed by atoms with Crippen LogP contribution in [-0.4, -0.2) is 17.0 Å². The van der Waals surface area contributed by atoms with Gasteiger partial charge in [-0.1, -0.05) is 55.8 Å². The molecule has 2 atom stereocenters. The van der Waals surface area contributed by atoms with Gasteiger partial charge in [0.25, 0.3) is 0 Å². The van der Waals surface area contributed by atoms with E-state index < -0.39 is 0 Å². The quantitative estimate of drug-likeness (QED) is 0.909. The minimum atomic E-state index is 0.686. The van der Waals surface area contributed by atoms with Crippen molar-refractivity contribution < 1.29 is 0 Å². The van der Waals surface area contributed by atoms with Crippen LogP contribution in [0.2, 0.25) is 0 Å². The number of amidine groups is 1. The molecule has 1 saturated heterocycles. The molecule has 3 rings (SSSR count). The smallest absolute Gasteiger partial charge is 0.157 e. The molecule has 3 heteroatoms. The molecule has 0 amide bonds. The number of aliphatic imine (C=N–C) groups is 1. The molecular weight excluding hydrogens is 264 g/mol. The molecule has 2 unspecified atom stereocenters. The van der Waals surface area contributed by atoms with Gasteiger partial charge in [-0.3, -0.25) is 4.99 Å². The van der Waals surface area contributed by atoms with Gasteiger partial charge in [0, 0.05) is 11.8 Å². The molecule has 1 saturated carbocycles. The van der Waals surface area contributed by atoms with Crippen molar-refractivity contribution in [1.29, 1.82) is 0 Å². The molecule has 0 radical (unpaired) electrons. The van der Waals surface area contributed by atoms with Gasteiger partial charge in [-0.05, 0) is 36.3 Å². The predicted octanol–water partition coefficient (Wildman–Crippen LogP) is 4.00. The van der Waals surface area contributed by atoms with Crippen LogP contribution < -0.4 is 5.32 Å². The lowest BCUT2D eigenvalue weighted by Gasteiger charge is -2.36. The molecule has 1 aromatic carbocycles. The molecule has 2 fully saturated rings. The minimum Gasteiger partial charge on any atom is -0.362 e. The fourth-order valence-corrected chi connectivity index (χ4v) is 4.28. The molecule has 1 aliphatic carbocycles. The lowest BCUT2D eigenvalue weighted by atomic mass is 9.86. The zero-order valence-corrected chi connectivity index (χ0v) is 13.1. The van der Waals surface area contributed by atoms with Crippen LogP contribution in [0.4, 0.5) is 0 Å². The Hall–Kier alpha value is -0.960. The second-order valence-electron chi connectivity index (χ2n) is 5.90. The summed E-state index contributed by atoms with van der Waals surface area (Å²) in [5.41, 5.74) is 2.71. The van der Waals surface area contributed by atoms with E-state index in [-0.39, 0.29) is 0 Å². The third kappa shape index (κ3) is 3.38. The molecular formula is C17H24N2S. The van der Waals surface area contributed by atoms with E-state index in [0.29, 0.717) is 6.04 Å². The van der Waals surface area contributed by atoms with Crippen molar-refractivity contribution in [3.63, 3.8) is 0 Å². The van der Waals surface area contributed by atoms with Crippen LogP contribution in [0.15, 0.2) is 29.3 Å². The summed E-state index contributed by atoms with van der Waals surface area (Å²) in [5, 5.41) is 4.82. The van der Waals surface area contributed by atoms with Gasteiger partial charge in [0.1, 0.15) is 0 Å². The first-order valence-corrected chi connectivity index (χ1v) is 8.85. The summed E-state index contributed by atoms with van der Waals surface area (Å²) in [6, 6.07) is 9.54. The largest absolute Gasteiger partial charge is 0.362 e. The molecule has 1 aliphatic heterocycles. The zero-order valence-electron chi connectivity index (χ0n) is 12.3. The fraction of sp³-hybridized carbons (Fsp3) is 0.588. The summed E-state index contributed by atoms with van der Waals surface area (Å²) in [6.45, 7) is 3.00. The SMILES string of the molecule is CCc1ccc(CN=C2NC3CCCCC3CS2)cc1. The van der Waals surface area contributed by atoms with Gasteiger partial charge in [-0.25, -0.2) is 0 Å². The Balaban J connectivity index is 1.58. The average Bonchev–Trinajstić information content (AvgIpc) is 2.53. The first-order valence-electron chi connectivity index (χ1n) is 7.86. The fourth-order valence-electron chi connectivity index (χ4n) is 3.12. The Kier molecular flexibility index (Phi) is 4.66. The topological polar surface area (TPSA) is 24.4 Å². The van der Waals surface area contributed by atoms with Gasteiger partial charge in [0.05, 0.1) is 6.54 Å². The Morgan fingerprint density at radius 1 is 1.15 bits per heavy atom. The molecule has 20 heavy (non-hydrogen) atoms. The van der Waals surface area contributed by atoms with Crippen LogP contribution in [0.5, 0.6) is 0 Å². The van der Waals surface area contributed by atoms with Crippen molar-refractivity contribution in [1.82, 2.24) is 5.32 Å². The van der Waals surface area contributed by atoms with Gasteiger partial charge >= 0.3 is 0 Å². The normalized spacial score (nSPS) is 27.9. The van der Waals surface area contributed by atoms with Gasteiger partial charge in [0.2, 0.25) is 0 Å². The third-order valence-electron chi connectivity index (χ3n) is 4.49. The Morgan fingerprint density at radius 2 is 1.90 bits per heavy atom. The Morgan fingerprint density at radius 3 is 2.70 bits per heavy atom. The van der Waals surface area contributed by atoms with Crippen LogP contribution in [0.25, 0.3) is 0 Å². The van der Waals surface area contributed by atoms with Crippen LogP contribution in [0.3, 0.4) is 0 Å². The molecule has 0 spiro atoms. The number of aryl methyl sites for hydroxylation is 1. The van der Waals surface area contributed by atoms with Crippen LogP contribution in [0.1, 0.15) is 43.7 Å². The highest BCUT2D eigenvalue weighted by Crippen LogP contribution is 2.31. The summed E-state index contributed by atoms with van der Waals surface area (Å²) in [7, 11) is 0. The van der Waals surface area contributed by atoms with E-state index in [2.05, 4.69) is 36.5 Å². The maximum atomic E-state index is 4.77. The van der Waals surface area contributed by atoms with E-state index in [1.807, 2.05) is 11.8 Å². The second kappa shape index (κ2) is 6.66. The average molecular weight is 288 g/mol. The van der Waals surface area contributed by atoms with Crippen molar-refractivity contribution in [2.24, 2.45) is 10.9 Å². The van der Waals surface area contributed by atoms with E-state index in [0.717, 1.165) is 24.1 Å². The number of nitrogens with zero attached hydrogens (tertiary/aromatic N) is 1. The van der Waals surface area contributed by atoms with Gasteiger partial charge in [-0.15, -0.1) is 0 Å². The first kappa shape index (κ1) is 14.0. The van der Waals surface area contributed by atoms with Crippen molar-refractivity contribution in [3.05, 3.63) is 35.4 Å². The number of fused-ring (bicyclic) bond motifs is 1. The van der Waals surface area contributed by atoms with Crippen molar-refractivity contribution in [2.45, 2.75) is 51.6 Å². The lowest BCUT2D eigenvalue weighted by Crippen LogP contribution is -2.46. The van der Waals surface area contributed by atoms with Gasteiger partial charge in [-0.2, -0.15) is 0 Å². The Labute approximate surface area is 126 Å². The second-order valence-corrected chi connectivity index (χ2v) is 6.91. The van der Waals surface area contributed by atoms with E-state index in [4.69, 9.17) is 4.99 Å². The highest BCUT2D eigenvalue weighted by atomic mass is 32.2. The van der Waals surface area contributed by atoms with Gasteiger partial charge < -0.3 is 5.32 Å². The van der Waals surface area contributed by atoms with E-state index in [1.54, 1.807) is 0 Å². The zero-order chi connectivity index (χ0) is 13.8. The van der Waals surface area contributed by atoms with Crippen molar-refractivity contribution in [2.75, 3.05) is 5.75 Å². The lowest BCUT2D eigenvalue weighted by molar-refractivity contribution is 0.311. The summed E-state index contributed by atoms with van der Waals surface area (Å²) >= 11 is 1.91. The van der Waals surface area contributed by atoms with E-state index in [1.165, 1.54) is 42.6 Å². The molecule has 1 aromatic rings. The number of thioether (sulfide) groups is 1. The standard InChI is InChI=1S/C17H24N2S/c1-2-13-7-9-14(10-8-13)11-18-17-19-16-6-4-3-5-15(16)12-20-17/h7-10,15-16H,2-6,11-12H2,1H3,(H,18,19). The molecule has 2 aliphatic rings. The summed E-state index contributed by atoms with van der Waals surface area (Å²) < 4.78 is 0. The Bertz CT molecular complexity index is 466. The van der Waals surface area contributed by atoms with Crippen molar-refractivity contribution >= 4 is 16.9 Å². The summed E-state index contributed by atoms with van der Waals surface area (Å²) in [6.07, 6.45) is 6.63. The third-order valence-corrected chi connectivity index (χ3v) is 5.60. The number of rotatable bonds is 3. The summed E-state index contributed by atoms with van der Waals surface area (Å²) in [5.74, 6) is 2.13. The highest BCUT2D eigenvalue weighted by Gasteiger charge is 2.29. The molecule has 0 aromatic heterocycles. The number of hydrogen-bond donors (Lipinski definition) is 1. The van der Waals surface area contributed by atoms with Crippen LogP contribution >= 0.6 is 11.8 Å². The number of benzene rings is 1. The van der Waals surface area contributed by atoms with Crippen molar-refractivity contribution in [3.8, 4) is 0 Å². The molecule has 1 N–H and O–H groups in total. The van der Waals surface area contributed by atoms with E-state index in [9.17, 15) is 0 Å². The van der Waals surface area contributed by atoms with E-state index >= 15 is 0 Å². The number of hydrogen-bond acceptors (Lipinski definition) is 2. The minimum absolute atomic E-state index is 0.686. The molecule has 0 bridgehead atoms. The maximum absolute atomic E-state index is 4.77. The van der Waals surface area contributed by atoms with Crippen LogP contribution in [0, 0.1) is 5.92 Å². The molecule has 2 nitrogen and oxygen atoms in total. The highest BCUT2D eigenvalue weighted by molar-refractivity contribution is 8.13. The van der Waals surface area contributed by atoms with Gasteiger partial charge in [0.15, 0.2) is 5.17 Å². The molecule has 108 valence electrons. The maximum Gasteiger partial charge on any atom is 0.157 e. The monoisotopic (exact) mass is 288 g/mol. The number of nitrogens with one attached hydrogen (secondary N) is 1. The molecule has 1 heterocycles.